The highest BCUT2D eigenvalue weighted by atomic mass is 16.3. The number of benzene rings is 7. The van der Waals surface area contributed by atoms with Gasteiger partial charge >= 0.3 is 0 Å². The summed E-state index contributed by atoms with van der Waals surface area (Å²) in [4.78, 5) is 4.53. The Morgan fingerprint density at radius 2 is 0.630 bits per heavy atom. The van der Waals surface area contributed by atoms with E-state index in [1.165, 1.54) is 0 Å². The van der Waals surface area contributed by atoms with E-state index < -0.39 is 0 Å². The van der Waals surface area contributed by atoms with Crippen LogP contribution in [0.2, 0.25) is 0 Å². The fraction of sp³-hybridized carbons (Fsp3) is 0. The standard InChI is InChI=1S/C42H28N2O2/c1-3-13-29(14-4-1)43(37-21-11-19-35-33-17-7-9-23-39(33)45-41(35)37)31-25-27-32(28-26-31)44(30-15-5-2-6-16-30)38-22-12-20-36-34-18-8-10-24-40(34)46-42(36)38/h1-28H. The molecule has 0 aliphatic rings. The Kier molecular flexibility index (Phi) is 6.10. The van der Waals surface area contributed by atoms with E-state index in [-0.39, 0.29) is 0 Å². The number of fused-ring (bicyclic) bond motifs is 6. The first-order valence-electron chi connectivity index (χ1n) is 15.4. The predicted octanol–water partition coefficient (Wildman–Crippen LogP) is 12.4. The summed E-state index contributed by atoms with van der Waals surface area (Å²) in [7, 11) is 0. The maximum atomic E-state index is 6.49. The molecule has 0 aliphatic carbocycles. The molecule has 0 fully saturated rings. The highest BCUT2D eigenvalue weighted by Crippen LogP contribution is 2.45. The van der Waals surface area contributed by atoms with Gasteiger partial charge in [0.25, 0.3) is 0 Å². The molecule has 2 aromatic heterocycles. The maximum Gasteiger partial charge on any atom is 0.159 e. The lowest BCUT2D eigenvalue weighted by atomic mass is 10.1. The van der Waals surface area contributed by atoms with Crippen LogP contribution in [-0.4, -0.2) is 0 Å². The average molecular weight is 593 g/mol. The smallest absolute Gasteiger partial charge is 0.159 e. The molecule has 0 saturated carbocycles. The first kappa shape index (κ1) is 26.2. The van der Waals surface area contributed by atoms with Gasteiger partial charge in [0.1, 0.15) is 11.2 Å². The number of rotatable bonds is 6. The lowest BCUT2D eigenvalue weighted by Gasteiger charge is -2.28. The molecule has 4 heteroatoms. The lowest BCUT2D eigenvalue weighted by molar-refractivity contribution is 0.668. The Hall–Kier alpha value is -6.26. The van der Waals surface area contributed by atoms with Crippen molar-refractivity contribution in [2.45, 2.75) is 0 Å². The quantitative estimate of drug-likeness (QED) is 0.192. The van der Waals surface area contributed by atoms with E-state index >= 15 is 0 Å². The Morgan fingerprint density at radius 3 is 1.07 bits per heavy atom. The monoisotopic (exact) mass is 592 g/mol. The number of hydrogen-bond donors (Lipinski definition) is 0. The summed E-state index contributed by atoms with van der Waals surface area (Å²) >= 11 is 0. The van der Waals surface area contributed by atoms with E-state index in [1.54, 1.807) is 0 Å². The van der Waals surface area contributed by atoms with Crippen molar-refractivity contribution < 1.29 is 8.83 Å². The summed E-state index contributed by atoms with van der Waals surface area (Å²) in [6.45, 7) is 0. The third-order valence-corrected chi connectivity index (χ3v) is 8.64. The van der Waals surface area contributed by atoms with E-state index in [0.717, 1.165) is 78.0 Å². The van der Waals surface area contributed by atoms with Crippen molar-refractivity contribution in [3.63, 3.8) is 0 Å². The molecule has 9 aromatic rings. The average Bonchev–Trinajstić information content (AvgIpc) is 3.70. The van der Waals surface area contributed by atoms with Crippen molar-refractivity contribution in [1.29, 1.82) is 0 Å². The van der Waals surface area contributed by atoms with Crippen molar-refractivity contribution in [3.05, 3.63) is 170 Å². The fourth-order valence-corrected chi connectivity index (χ4v) is 6.58. The summed E-state index contributed by atoms with van der Waals surface area (Å²) in [5, 5.41) is 4.42. The number of para-hydroxylation sites is 6. The van der Waals surface area contributed by atoms with E-state index in [9.17, 15) is 0 Å². The van der Waals surface area contributed by atoms with Crippen molar-refractivity contribution in [2.24, 2.45) is 0 Å². The van der Waals surface area contributed by atoms with Crippen LogP contribution in [0.5, 0.6) is 0 Å². The molecular formula is C42H28N2O2. The molecule has 0 spiro atoms. The zero-order valence-corrected chi connectivity index (χ0v) is 24.9. The molecule has 0 atom stereocenters. The van der Waals surface area contributed by atoms with E-state index in [0.29, 0.717) is 0 Å². The molecule has 7 aromatic carbocycles. The molecule has 0 bridgehead atoms. The van der Waals surface area contributed by atoms with Crippen LogP contribution >= 0.6 is 0 Å². The molecule has 218 valence electrons. The van der Waals surface area contributed by atoms with Gasteiger partial charge in [0.2, 0.25) is 0 Å². The molecule has 46 heavy (non-hydrogen) atoms. The van der Waals surface area contributed by atoms with Crippen LogP contribution in [-0.2, 0) is 0 Å². The molecule has 4 nitrogen and oxygen atoms in total. The van der Waals surface area contributed by atoms with Crippen LogP contribution in [0, 0.1) is 0 Å². The van der Waals surface area contributed by atoms with Gasteiger partial charge in [0.15, 0.2) is 11.2 Å². The highest BCUT2D eigenvalue weighted by molar-refractivity contribution is 6.11. The van der Waals surface area contributed by atoms with Crippen molar-refractivity contribution >= 4 is 78.0 Å². The molecule has 0 N–H and O–H groups in total. The predicted molar refractivity (Wildman–Crippen MR) is 190 cm³/mol. The fourth-order valence-electron chi connectivity index (χ4n) is 6.58. The van der Waals surface area contributed by atoms with Crippen LogP contribution in [0.4, 0.5) is 34.1 Å². The molecule has 0 aliphatic heterocycles. The van der Waals surface area contributed by atoms with Crippen LogP contribution in [0.25, 0.3) is 43.9 Å². The molecule has 0 radical (unpaired) electrons. The first-order valence-corrected chi connectivity index (χ1v) is 15.4. The second-order valence-corrected chi connectivity index (χ2v) is 11.4. The Morgan fingerprint density at radius 1 is 0.283 bits per heavy atom. The van der Waals surface area contributed by atoms with E-state index in [4.69, 9.17) is 8.83 Å². The van der Waals surface area contributed by atoms with Gasteiger partial charge in [-0.25, -0.2) is 0 Å². The van der Waals surface area contributed by atoms with Crippen molar-refractivity contribution in [1.82, 2.24) is 0 Å². The first-order chi connectivity index (χ1) is 22.8. The molecular weight excluding hydrogens is 564 g/mol. The van der Waals surface area contributed by atoms with Crippen molar-refractivity contribution in [2.75, 3.05) is 9.80 Å². The third-order valence-electron chi connectivity index (χ3n) is 8.64. The number of nitrogens with zero attached hydrogens (tertiary/aromatic N) is 2. The summed E-state index contributed by atoms with van der Waals surface area (Å²) in [6, 6.07) is 58.8. The van der Waals surface area contributed by atoms with E-state index in [1.807, 2.05) is 36.4 Å². The zero-order valence-electron chi connectivity index (χ0n) is 24.9. The zero-order chi connectivity index (χ0) is 30.5. The van der Waals surface area contributed by atoms with Crippen molar-refractivity contribution in [3.8, 4) is 0 Å². The van der Waals surface area contributed by atoms with Crippen LogP contribution in [0.15, 0.2) is 179 Å². The summed E-state index contributed by atoms with van der Waals surface area (Å²) in [6.07, 6.45) is 0. The molecule has 9 rings (SSSR count). The van der Waals surface area contributed by atoms with Gasteiger partial charge in [-0.2, -0.15) is 0 Å². The second-order valence-electron chi connectivity index (χ2n) is 11.4. The minimum Gasteiger partial charge on any atom is -0.454 e. The molecule has 0 amide bonds. The lowest BCUT2D eigenvalue weighted by Crippen LogP contribution is -2.12. The van der Waals surface area contributed by atoms with Gasteiger partial charge in [-0.05, 0) is 72.8 Å². The third kappa shape index (κ3) is 4.23. The Balaban J connectivity index is 1.21. The Bertz CT molecular complexity index is 2300. The molecule has 2 heterocycles. The maximum absolute atomic E-state index is 6.49. The van der Waals surface area contributed by atoms with Gasteiger partial charge in [-0.1, -0.05) is 97.1 Å². The summed E-state index contributed by atoms with van der Waals surface area (Å²) in [5.74, 6) is 0. The van der Waals surface area contributed by atoms with Crippen LogP contribution in [0.1, 0.15) is 0 Å². The Labute approximate surface area is 265 Å². The topological polar surface area (TPSA) is 32.8 Å². The van der Waals surface area contributed by atoms with Crippen LogP contribution in [0.3, 0.4) is 0 Å². The van der Waals surface area contributed by atoms with E-state index in [2.05, 4.69) is 143 Å². The minimum absolute atomic E-state index is 0.860. The second kappa shape index (κ2) is 10.7. The molecule has 0 unspecified atom stereocenters. The van der Waals surface area contributed by atoms with Gasteiger partial charge in [-0.3, -0.25) is 0 Å². The highest BCUT2D eigenvalue weighted by Gasteiger charge is 2.22. The van der Waals surface area contributed by atoms with Gasteiger partial charge in [0.05, 0.1) is 11.4 Å². The van der Waals surface area contributed by atoms with Crippen LogP contribution < -0.4 is 9.80 Å². The summed E-state index contributed by atoms with van der Waals surface area (Å²) < 4.78 is 13.0. The van der Waals surface area contributed by atoms with Gasteiger partial charge < -0.3 is 18.6 Å². The van der Waals surface area contributed by atoms with Gasteiger partial charge in [-0.15, -0.1) is 0 Å². The van der Waals surface area contributed by atoms with Gasteiger partial charge in [0, 0.05) is 44.3 Å². The summed E-state index contributed by atoms with van der Waals surface area (Å²) in [5.41, 5.74) is 9.61. The number of hydrogen-bond acceptors (Lipinski definition) is 4. The number of anilines is 6. The minimum atomic E-state index is 0.860. The largest absolute Gasteiger partial charge is 0.454 e. The molecule has 0 saturated heterocycles. The SMILES string of the molecule is c1ccc(N(c2ccc(N(c3ccccc3)c3cccc4c3oc3ccccc34)cc2)c2cccc3c2oc2ccccc23)cc1. The number of furan rings is 2. The normalized spacial score (nSPS) is 11.5.